The van der Waals surface area contributed by atoms with Crippen molar-refractivity contribution in [2.75, 3.05) is 46.4 Å². The van der Waals surface area contributed by atoms with Gasteiger partial charge in [-0.15, -0.1) is 0 Å². The zero-order valence-electron chi connectivity index (χ0n) is 15.1. The van der Waals surface area contributed by atoms with E-state index in [0.717, 1.165) is 31.3 Å². The van der Waals surface area contributed by atoms with E-state index in [1.165, 1.54) is 84.0 Å². The number of hydrogen-bond donors (Lipinski definition) is 1. The van der Waals surface area contributed by atoms with Crippen molar-refractivity contribution in [2.24, 2.45) is 0 Å². The topological polar surface area (TPSA) is 27.7 Å². The fraction of sp³-hybridized carbons (Fsp3) is 1.00. The highest BCUT2D eigenvalue weighted by molar-refractivity contribution is 4.87. The maximum Gasteiger partial charge on any atom is 0.0589 e. The monoisotopic (exact) mass is 323 g/mol. The molecule has 2 heterocycles. The maximum atomic E-state index is 5.20. The lowest BCUT2D eigenvalue weighted by Gasteiger charge is -2.42. The van der Waals surface area contributed by atoms with Crippen LogP contribution in [0.15, 0.2) is 0 Å². The van der Waals surface area contributed by atoms with Gasteiger partial charge < -0.3 is 15.0 Å². The molecule has 1 saturated carbocycles. The standard InChI is InChI=1S/C19H37N3O/c1-23-15-14-21-12-9-17(10-13-21)20-18-6-5-11-22(16-18)19-7-3-2-4-8-19/h17-20H,2-16H2,1H3. The van der Waals surface area contributed by atoms with Crippen molar-refractivity contribution in [3.05, 3.63) is 0 Å². The van der Waals surface area contributed by atoms with Gasteiger partial charge >= 0.3 is 0 Å². The van der Waals surface area contributed by atoms with Crippen LogP contribution in [0.25, 0.3) is 0 Å². The van der Waals surface area contributed by atoms with Crippen molar-refractivity contribution >= 4 is 0 Å². The van der Waals surface area contributed by atoms with Crippen molar-refractivity contribution in [2.45, 2.75) is 75.9 Å². The molecule has 2 saturated heterocycles. The summed E-state index contributed by atoms with van der Waals surface area (Å²) in [5.74, 6) is 0. The van der Waals surface area contributed by atoms with Crippen LogP contribution in [-0.2, 0) is 4.74 Å². The molecule has 3 fully saturated rings. The van der Waals surface area contributed by atoms with Crippen LogP contribution < -0.4 is 5.32 Å². The summed E-state index contributed by atoms with van der Waals surface area (Å²) < 4.78 is 5.20. The summed E-state index contributed by atoms with van der Waals surface area (Å²) in [5.41, 5.74) is 0. The minimum atomic E-state index is 0.737. The van der Waals surface area contributed by atoms with Crippen molar-refractivity contribution in [1.82, 2.24) is 15.1 Å². The molecular weight excluding hydrogens is 286 g/mol. The summed E-state index contributed by atoms with van der Waals surface area (Å²) in [6.45, 7) is 7.09. The quantitative estimate of drug-likeness (QED) is 0.813. The normalized spacial score (nSPS) is 29.9. The molecule has 1 atom stereocenters. The van der Waals surface area contributed by atoms with Gasteiger partial charge in [-0.1, -0.05) is 19.3 Å². The van der Waals surface area contributed by atoms with Crippen molar-refractivity contribution in [3.63, 3.8) is 0 Å². The number of likely N-dealkylation sites (tertiary alicyclic amines) is 2. The molecule has 1 N–H and O–H groups in total. The molecule has 0 aromatic carbocycles. The Balaban J connectivity index is 1.38. The summed E-state index contributed by atoms with van der Waals surface area (Å²) in [4.78, 5) is 5.37. The van der Waals surface area contributed by atoms with E-state index >= 15 is 0 Å². The number of rotatable bonds is 6. The average Bonchev–Trinajstić information content (AvgIpc) is 2.62. The molecule has 0 amide bonds. The van der Waals surface area contributed by atoms with E-state index in [9.17, 15) is 0 Å². The third-order valence-corrected chi connectivity index (χ3v) is 6.21. The van der Waals surface area contributed by atoms with E-state index in [2.05, 4.69) is 15.1 Å². The first-order valence-electron chi connectivity index (χ1n) is 10.1. The van der Waals surface area contributed by atoms with Crippen LogP contribution in [-0.4, -0.2) is 74.4 Å². The van der Waals surface area contributed by atoms with Gasteiger partial charge in [0.1, 0.15) is 0 Å². The molecule has 0 radical (unpaired) electrons. The Morgan fingerprint density at radius 1 is 0.870 bits per heavy atom. The lowest BCUT2D eigenvalue weighted by Crippen LogP contribution is -2.54. The lowest BCUT2D eigenvalue weighted by atomic mass is 9.91. The van der Waals surface area contributed by atoms with Gasteiger partial charge in [0.15, 0.2) is 0 Å². The summed E-state index contributed by atoms with van der Waals surface area (Å²) in [5, 5.41) is 4.00. The molecule has 0 aromatic rings. The number of piperidine rings is 2. The maximum absolute atomic E-state index is 5.20. The minimum absolute atomic E-state index is 0.737. The third-order valence-electron chi connectivity index (χ3n) is 6.21. The first-order chi connectivity index (χ1) is 11.3. The largest absolute Gasteiger partial charge is 0.383 e. The molecule has 4 heteroatoms. The third kappa shape index (κ3) is 5.42. The van der Waals surface area contributed by atoms with Crippen LogP contribution in [0.5, 0.6) is 0 Å². The first kappa shape index (κ1) is 17.7. The molecule has 4 nitrogen and oxygen atoms in total. The Hall–Kier alpha value is -0.160. The van der Waals surface area contributed by atoms with Gasteiger partial charge in [0.2, 0.25) is 0 Å². The Morgan fingerprint density at radius 3 is 2.39 bits per heavy atom. The molecule has 2 aliphatic heterocycles. The second-order valence-corrected chi connectivity index (χ2v) is 7.90. The number of hydrogen-bond acceptors (Lipinski definition) is 4. The zero-order valence-corrected chi connectivity index (χ0v) is 15.1. The SMILES string of the molecule is COCCN1CCC(NC2CCCN(C3CCCCC3)C2)CC1. The number of nitrogens with one attached hydrogen (secondary N) is 1. The Bertz CT molecular complexity index is 325. The van der Waals surface area contributed by atoms with E-state index in [0.29, 0.717) is 0 Å². The summed E-state index contributed by atoms with van der Waals surface area (Å²) in [6.07, 6.45) is 12.7. The van der Waals surface area contributed by atoms with Gasteiger partial charge in [0.25, 0.3) is 0 Å². The Labute approximate surface area is 142 Å². The predicted octanol–water partition coefficient (Wildman–Crippen LogP) is 2.48. The van der Waals surface area contributed by atoms with Crippen LogP contribution in [0.1, 0.15) is 57.8 Å². The molecule has 0 aromatic heterocycles. The summed E-state index contributed by atoms with van der Waals surface area (Å²) >= 11 is 0. The fourth-order valence-electron chi connectivity index (χ4n) is 4.80. The van der Waals surface area contributed by atoms with Crippen LogP contribution in [0.4, 0.5) is 0 Å². The van der Waals surface area contributed by atoms with E-state index in [4.69, 9.17) is 4.74 Å². The number of ether oxygens (including phenoxy) is 1. The molecule has 3 rings (SSSR count). The van der Waals surface area contributed by atoms with Gasteiger partial charge in [-0.2, -0.15) is 0 Å². The average molecular weight is 324 g/mol. The van der Waals surface area contributed by atoms with Crippen LogP contribution in [0, 0.1) is 0 Å². The number of methoxy groups -OCH3 is 1. The van der Waals surface area contributed by atoms with E-state index in [1.54, 1.807) is 7.11 Å². The lowest BCUT2D eigenvalue weighted by molar-refractivity contribution is 0.0943. The summed E-state index contributed by atoms with van der Waals surface area (Å²) in [7, 11) is 1.80. The molecule has 134 valence electrons. The molecule has 1 aliphatic carbocycles. The molecule has 0 bridgehead atoms. The van der Waals surface area contributed by atoms with Crippen molar-refractivity contribution < 1.29 is 4.74 Å². The number of nitrogens with zero attached hydrogens (tertiary/aromatic N) is 2. The van der Waals surface area contributed by atoms with Crippen molar-refractivity contribution in [1.29, 1.82) is 0 Å². The smallest absolute Gasteiger partial charge is 0.0589 e. The molecule has 1 unspecified atom stereocenters. The zero-order chi connectivity index (χ0) is 15.9. The highest BCUT2D eigenvalue weighted by Gasteiger charge is 2.28. The Morgan fingerprint density at radius 2 is 1.65 bits per heavy atom. The Kier molecular flexibility index (Phi) is 7.18. The van der Waals surface area contributed by atoms with Gasteiger partial charge in [0.05, 0.1) is 6.61 Å². The molecule has 0 spiro atoms. The van der Waals surface area contributed by atoms with Crippen LogP contribution >= 0.6 is 0 Å². The molecule has 23 heavy (non-hydrogen) atoms. The summed E-state index contributed by atoms with van der Waals surface area (Å²) in [6, 6.07) is 2.37. The van der Waals surface area contributed by atoms with Crippen molar-refractivity contribution in [3.8, 4) is 0 Å². The second kappa shape index (κ2) is 9.36. The fourth-order valence-corrected chi connectivity index (χ4v) is 4.80. The van der Waals surface area contributed by atoms with Gasteiger partial charge in [0, 0.05) is 38.3 Å². The second-order valence-electron chi connectivity index (χ2n) is 7.90. The predicted molar refractivity (Wildman–Crippen MR) is 95.9 cm³/mol. The molecular formula is C19H37N3O. The minimum Gasteiger partial charge on any atom is -0.383 e. The highest BCUT2D eigenvalue weighted by atomic mass is 16.5. The van der Waals surface area contributed by atoms with E-state index in [1.807, 2.05) is 0 Å². The van der Waals surface area contributed by atoms with E-state index in [-0.39, 0.29) is 0 Å². The van der Waals surface area contributed by atoms with Gasteiger partial charge in [-0.3, -0.25) is 4.90 Å². The van der Waals surface area contributed by atoms with Crippen LogP contribution in [0.2, 0.25) is 0 Å². The highest BCUT2D eigenvalue weighted by Crippen LogP contribution is 2.25. The van der Waals surface area contributed by atoms with E-state index < -0.39 is 0 Å². The van der Waals surface area contributed by atoms with Crippen LogP contribution in [0.3, 0.4) is 0 Å². The van der Waals surface area contributed by atoms with Gasteiger partial charge in [-0.05, 0) is 58.2 Å². The first-order valence-corrected chi connectivity index (χ1v) is 10.1. The molecule has 3 aliphatic rings. The van der Waals surface area contributed by atoms with Gasteiger partial charge in [-0.25, -0.2) is 0 Å².